The van der Waals surface area contributed by atoms with Gasteiger partial charge in [-0.1, -0.05) is 67.0 Å². The third-order valence-corrected chi connectivity index (χ3v) is 5.58. The quantitative estimate of drug-likeness (QED) is 0.684. The molecule has 20 heavy (non-hydrogen) atoms. The second kappa shape index (κ2) is 5.67. The fourth-order valence-electron chi connectivity index (χ4n) is 3.06. The molecule has 1 rings (SSSR count). The molecule has 0 aliphatic heterocycles. The maximum atomic E-state index is 6.06. The van der Waals surface area contributed by atoms with E-state index in [0.717, 1.165) is 13.0 Å². The SMILES string of the molecule is CCC(C)(C)C1=CCC(C(C)(C)CN)=C1C(C)(C)CC. The Kier molecular flexibility index (Phi) is 4.96. The third kappa shape index (κ3) is 3.03. The minimum atomic E-state index is 0.101. The molecule has 0 unspecified atom stereocenters. The molecule has 2 N–H and O–H groups in total. The highest BCUT2D eigenvalue weighted by molar-refractivity contribution is 5.51. The molecule has 0 aromatic heterocycles. The molecule has 0 aromatic rings. The zero-order chi connectivity index (χ0) is 15.8. The van der Waals surface area contributed by atoms with Crippen LogP contribution in [0.3, 0.4) is 0 Å². The number of rotatable bonds is 6. The summed E-state index contributed by atoms with van der Waals surface area (Å²) in [5, 5.41) is 0. The Labute approximate surface area is 126 Å². The van der Waals surface area contributed by atoms with Crippen LogP contribution in [0.15, 0.2) is 22.8 Å². The molecule has 1 heteroatoms. The molecule has 1 aliphatic carbocycles. The predicted molar refractivity (Wildman–Crippen MR) is 90.7 cm³/mol. The minimum absolute atomic E-state index is 0.101. The standard InChI is InChI=1S/C19H35N/c1-9-17(3,4)14-11-12-15(19(7,8)13-20)16(14)18(5,6)10-2/h11H,9-10,12-13,20H2,1-8H3. The van der Waals surface area contributed by atoms with E-state index in [9.17, 15) is 0 Å². The Hall–Kier alpha value is -0.560. The molecule has 1 nitrogen and oxygen atoms in total. The van der Waals surface area contributed by atoms with Crippen molar-refractivity contribution in [1.82, 2.24) is 0 Å². The van der Waals surface area contributed by atoms with Gasteiger partial charge in [0, 0.05) is 6.54 Å². The zero-order valence-electron chi connectivity index (χ0n) is 15.0. The summed E-state index contributed by atoms with van der Waals surface area (Å²) in [5.74, 6) is 0. The molecule has 1 aliphatic rings. The summed E-state index contributed by atoms with van der Waals surface area (Å²) < 4.78 is 0. The lowest BCUT2D eigenvalue weighted by Crippen LogP contribution is -2.30. The van der Waals surface area contributed by atoms with Gasteiger partial charge in [-0.2, -0.15) is 0 Å². The molecule has 0 amide bonds. The molecular formula is C19H35N. The van der Waals surface area contributed by atoms with E-state index in [1.807, 2.05) is 0 Å². The molecule has 116 valence electrons. The number of nitrogens with two attached hydrogens (primary N) is 1. The van der Waals surface area contributed by atoms with E-state index in [1.54, 1.807) is 16.7 Å². The Morgan fingerprint density at radius 3 is 1.80 bits per heavy atom. The van der Waals surface area contributed by atoms with E-state index in [-0.39, 0.29) is 16.2 Å². The minimum Gasteiger partial charge on any atom is -0.330 e. The summed E-state index contributed by atoms with van der Waals surface area (Å²) in [5.41, 5.74) is 11.4. The van der Waals surface area contributed by atoms with Crippen LogP contribution in [-0.2, 0) is 0 Å². The average Bonchev–Trinajstić information content (AvgIpc) is 2.85. The largest absolute Gasteiger partial charge is 0.330 e. The lowest BCUT2D eigenvalue weighted by Gasteiger charge is -2.38. The Balaban J connectivity index is 3.46. The van der Waals surface area contributed by atoms with Crippen molar-refractivity contribution >= 4 is 0 Å². The van der Waals surface area contributed by atoms with Gasteiger partial charge in [0.05, 0.1) is 0 Å². The van der Waals surface area contributed by atoms with Gasteiger partial charge in [0.1, 0.15) is 0 Å². The van der Waals surface area contributed by atoms with Gasteiger partial charge >= 0.3 is 0 Å². The van der Waals surface area contributed by atoms with Crippen molar-refractivity contribution in [2.45, 2.75) is 74.7 Å². The van der Waals surface area contributed by atoms with E-state index in [4.69, 9.17) is 5.73 Å². The first-order valence-electron chi connectivity index (χ1n) is 8.18. The first kappa shape index (κ1) is 17.5. The summed E-state index contributed by atoms with van der Waals surface area (Å²) in [6.45, 7) is 19.4. The maximum Gasteiger partial charge on any atom is 0.00119 e. The Bertz CT molecular complexity index is 419. The van der Waals surface area contributed by atoms with Crippen LogP contribution in [0.1, 0.15) is 74.7 Å². The molecule has 0 fully saturated rings. The van der Waals surface area contributed by atoms with Crippen molar-refractivity contribution in [2.24, 2.45) is 22.0 Å². The normalized spacial score (nSPS) is 17.8. The molecule has 0 aromatic carbocycles. The third-order valence-electron chi connectivity index (χ3n) is 5.58. The summed E-state index contributed by atoms with van der Waals surface area (Å²) >= 11 is 0. The second-order valence-electron chi connectivity index (χ2n) is 8.24. The van der Waals surface area contributed by atoms with Crippen LogP contribution in [0.4, 0.5) is 0 Å². The van der Waals surface area contributed by atoms with Crippen LogP contribution in [0.5, 0.6) is 0 Å². The zero-order valence-corrected chi connectivity index (χ0v) is 15.0. The van der Waals surface area contributed by atoms with E-state index in [0.29, 0.717) is 0 Å². The van der Waals surface area contributed by atoms with Crippen molar-refractivity contribution in [3.05, 3.63) is 22.8 Å². The van der Waals surface area contributed by atoms with Gasteiger partial charge in [-0.15, -0.1) is 0 Å². The van der Waals surface area contributed by atoms with E-state index in [1.165, 1.54) is 12.8 Å². The van der Waals surface area contributed by atoms with Crippen molar-refractivity contribution < 1.29 is 0 Å². The number of allylic oxidation sites excluding steroid dienone is 3. The molecule has 0 saturated heterocycles. The summed E-state index contributed by atoms with van der Waals surface area (Å²) in [7, 11) is 0. The average molecular weight is 277 g/mol. The van der Waals surface area contributed by atoms with Crippen molar-refractivity contribution in [2.75, 3.05) is 6.54 Å². The smallest absolute Gasteiger partial charge is 0.00119 e. The first-order chi connectivity index (χ1) is 9.03. The first-order valence-corrected chi connectivity index (χ1v) is 8.18. The fourth-order valence-corrected chi connectivity index (χ4v) is 3.06. The van der Waals surface area contributed by atoms with Crippen LogP contribution in [0.2, 0.25) is 0 Å². The van der Waals surface area contributed by atoms with Gasteiger partial charge in [-0.05, 0) is 46.7 Å². The molecule has 0 atom stereocenters. The van der Waals surface area contributed by atoms with Gasteiger partial charge in [-0.3, -0.25) is 0 Å². The van der Waals surface area contributed by atoms with Crippen molar-refractivity contribution in [3.8, 4) is 0 Å². The van der Waals surface area contributed by atoms with Gasteiger partial charge in [0.2, 0.25) is 0 Å². The maximum absolute atomic E-state index is 6.06. The van der Waals surface area contributed by atoms with Gasteiger partial charge in [0.25, 0.3) is 0 Å². The number of hydrogen-bond donors (Lipinski definition) is 1. The van der Waals surface area contributed by atoms with Gasteiger partial charge < -0.3 is 5.73 Å². The van der Waals surface area contributed by atoms with Crippen LogP contribution in [0.25, 0.3) is 0 Å². The molecule has 0 radical (unpaired) electrons. The highest BCUT2D eigenvalue weighted by Gasteiger charge is 2.39. The monoisotopic (exact) mass is 277 g/mol. The van der Waals surface area contributed by atoms with Crippen LogP contribution < -0.4 is 5.73 Å². The second-order valence-corrected chi connectivity index (χ2v) is 8.24. The highest BCUT2D eigenvalue weighted by Crippen LogP contribution is 2.52. The summed E-state index contributed by atoms with van der Waals surface area (Å²) in [6, 6.07) is 0. The number of hydrogen-bond acceptors (Lipinski definition) is 1. The van der Waals surface area contributed by atoms with E-state index >= 15 is 0 Å². The Morgan fingerprint density at radius 1 is 0.900 bits per heavy atom. The van der Waals surface area contributed by atoms with E-state index < -0.39 is 0 Å². The molecule has 0 spiro atoms. The molecule has 0 heterocycles. The predicted octanol–water partition coefficient (Wildman–Crippen LogP) is 5.47. The molecule has 0 bridgehead atoms. The summed E-state index contributed by atoms with van der Waals surface area (Å²) in [4.78, 5) is 0. The van der Waals surface area contributed by atoms with Crippen molar-refractivity contribution in [3.63, 3.8) is 0 Å². The van der Waals surface area contributed by atoms with Crippen LogP contribution >= 0.6 is 0 Å². The lowest BCUT2D eigenvalue weighted by atomic mass is 9.67. The van der Waals surface area contributed by atoms with Crippen LogP contribution in [-0.4, -0.2) is 6.54 Å². The van der Waals surface area contributed by atoms with Crippen molar-refractivity contribution in [1.29, 1.82) is 0 Å². The van der Waals surface area contributed by atoms with Crippen LogP contribution in [0, 0.1) is 16.2 Å². The summed E-state index contributed by atoms with van der Waals surface area (Å²) in [6.07, 6.45) is 5.91. The molecular weight excluding hydrogens is 242 g/mol. The molecule has 0 saturated carbocycles. The van der Waals surface area contributed by atoms with Gasteiger partial charge in [0.15, 0.2) is 0 Å². The fraction of sp³-hybridized carbons (Fsp3) is 0.789. The Morgan fingerprint density at radius 2 is 1.40 bits per heavy atom. The lowest BCUT2D eigenvalue weighted by molar-refractivity contribution is 0.364. The topological polar surface area (TPSA) is 26.0 Å². The van der Waals surface area contributed by atoms with E-state index in [2.05, 4.69) is 61.5 Å². The van der Waals surface area contributed by atoms with Gasteiger partial charge in [-0.25, -0.2) is 0 Å². The highest BCUT2D eigenvalue weighted by atomic mass is 14.6.